The topological polar surface area (TPSA) is 38.3 Å². The van der Waals surface area contributed by atoms with E-state index in [9.17, 15) is 4.79 Å². The summed E-state index contributed by atoms with van der Waals surface area (Å²) in [7, 11) is 0. The monoisotopic (exact) mass is 231 g/mol. The second-order valence-electron chi connectivity index (χ2n) is 4.89. The Balaban J connectivity index is 2.06. The zero-order chi connectivity index (χ0) is 11.3. The van der Waals surface area contributed by atoms with Gasteiger partial charge in [-0.2, -0.15) is 0 Å². The van der Waals surface area contributed by atoms with E-state index in [0.717, 1.165) is 12.3 Å². The third-order valence-corrected chi connectivity index (χ3v) is 3.20. The summed E-state index contributed by atoms with van der Waals surface area (Å²) in [6, 6.07) is 0.595. The van der Waals surface area contributed by atoms with E-state index < -0.39 is 0 Å². The van der Waals surface area contributed by atoms with Crippen LogP contribution in [0.5, 0.6) is 0 Å². The van der Waals surface area contributed by atoms with Crippen molar-refractivity contribution in [3.63, 3.8) is 0 Å². The first-order valence-electron chi connectivity index (χ1n) is 5.50. The van der Waals surface area contributed by atoms with Gasteiger partial charge >= 0.3 is 5.97 Å². The van der Waals surface area contributed by atoms with Gasteiger partial charge in [0.25, 0.3) is 0 Å². The summed E-state index contributed by atoms with van der Waals surface area (Å²) < 4.78 is 5.22. The number of carbonyl (C=O) groups excluding carboxylic acids is 1. The third-order valence-electron chi connectivity index (χ3n) is 2.12. The van der Waals surface area contributed by atoms with Gasteiger partial charge in [0, 0.05) is 11.8 Å². The van der Waals surface area contributed by atoms with E-state index in [1.807, 2.05) is 20.8 Å². The van der Waals surface area contributed by atoms with Crippen LogP contribution < -0.4 is 5.32 Å². The molecule has 1 fully saturated rings. The van der Waals surface area contributed by atoms with Crippen molar-refractivity contribution in [2.75, 3.05) is 18.1 Å². The molecule has 0 aromatic rings. The first kappa shape index (κ1) is 12.8. The molecule has 15 heavy (non-hydrogen) atoms. The van der Waals surface area contributed by atoms with Crippen molar-refractivity contribution < 1.29 is 9.53 Å². The lowest BCUT2D eigenvalue weighted by Crippen LogP contribution is -2.27. The van der Waals surface area contributed by atoms with Crippen LogP contribution in [0.15, 0.2) is 0 Å². The normalized spacial score (nSPS) is 21.7. The third kappa shape index (κ3) is 6.05. The summed E-state index contributed by atoms with van der Waals surface area (Å²) in [5.74, 6) is 1.37. The first-order valence-corrected chi connectivity index (χ1v) is 6.66. The number of nitrogens with one attached hydrogen (secondary N) is 1. The van der Waals surface area contributed by atoms with E-state index in [2.05, 4.69) is 5.32 Å². The summed E-state index contributed by atoms with van der Waals surface area (Å²) in [5.41, 5.74) is -0.358. The summed E-state index contributed by atoms with van der Waals surface area (Å²) in [4.78, 5) is 11.4. The predicted molar refractivity (Wildman–Crippen MR) is 64.2 cm³/mol. The molecular formula is C11H21NO2S. The molecule has 1 N–H and O–H groups in total. The molecule has 0 spiro atoms. The minimum atomic E-state index is -0.358. The molecule has 0 radical (unpaired) electrons. The Morgan fingerprint density at radius 3 is 2.80 bits per heavy atom. The SMILES string of the molecule is CC(C)(C)OC(=O)CSCC1CCCN1. The van der Waals surface area contributed by atoms with Crippen molar-refractivity contribution in [2.45, 2.75) is 45.3 Å². The predicted octanol–water partition coefficient (Wildman–Crippen LogP) is 1.81. The number of hydrogen-bond acceptors (Lipinski definition) is 4. The Morgan fingerprint density at radius 1 is 1.53 bits per heavy atom. The van der Waals surface area contributed by atoms with Crippen LogP contribution in [0.1, 0.15) is 33.6 Å². The zero-order valence-corrected chi connectivity index (χ0v) is 10.7. The Kier molecular flexibility index (Phi) is 4.93. The van der Waals surface area contributed by atoms with Crippen LogP contribution in [0.3, 0.4) is 0 Å². The van der Waals surface area contributed by atoms with Gasteiger partial charge in [-0.15, -0.1) is 11.8 Å². The molecule has 1 atom stereocenters. The van der Waals surface area contributed by atoms with Crippen molar-refractivity contribution in [1.82, 2.24) is 5.32 Å². The van der Waals surface area contributed by atoms with Crippen molar-refractivity contribution in [3.8, 4) is 0 Å². The molecule has 1 heterocycles. The highest BCUT2D eigenvalue weighted by atomic mass is 32.2. The minimum Gasteiger partial charge on any atom is -0.459 e. The molecule has 1 rings (SSSR count). The van der Waals surface area contributed by atoms with Crippen molar-refractivity contribution in [2.24, 2.45) is 0 Å². The van der Waals surface area contributed by atoms with Crippen LogP contribution >= 0.6 is 11.8 Å². The largest absolute Gasteiger partial charge is 0.459 e. The molecule has 1 saturated heterocycles. The van der Waals surface area contributed by atoms with Gasteiger partial charge in [0.2, 0.25) is 0 Å². The van der Waals surface area contributed by atoms with Crippen LogP contribution in [0.4, 0.5) is 0 Å². The minimum absolute atomic E-state index is 0.106. The van der Waals surface area contributed by atoms with Gasteiger partial charge in [-0.05, 0) is 40.2 Å². The summed E-state index contributed by atoms with van der Waals surface area (Å²) in [5, 5.41) is 3.41. The van der Waals surface area contributed by atoms with Crippen molar-refractivity contribution in [1.29, 1.82) is 0 Å². The van der Waals surface area contributed by atoms with Crippen LogP contribution in [-0.2, 0) is 9.53 Å². The molecule has 0 bridgehead atoms. The summed E-state index contributed by atoms with van der Waals surface area (Å²) >= 11 is 1.66. The molecule has 3 nitrogen and oxygen atoms in total. The maximum absolute atomic E-state index is 11.4. The molecule has 0 aliphatic carbocycles. The molecule has 0 amide bonds. The van der Waals surface area contributed by atoms with Gasteiger partial charge in [0.15, 0.2) is 0 Å². The second-order valence-corrected chi connectivity index (χ2v) is 5.93. The number of thioether (sulfide) groups is 1. The van der Waals surface area contributed by atoms with E-state index in [0.29, 0.717) is 11.8 Å². The average Bonchev–Trinajstić information content (AvgIpc) is 2.53. The number of carbonyl (C=O) groups is 1. The Hall–Kier alpha value is -0.220. The van der Waals surface area contributed by atoms with Crippen LogP contribution in [-0.4, -0.2) is 35.7 Å². The number of esters is 1. The molecular weight excluding hydrogens is 210 g/mol. The van der Waals surface area contributed by atoms with Crippen LogP contribution in [0.25, 0.3) is 0 Å². The zero-order valence-electron chi connectivity index (χ0n) is 9.84. The molecule has 0 saturated carbocycles. The molecule has 1 aliphatic heterocycles. The smallest absolute Gasteiger partial charge is 0.316 e. The van der Waals surface area contributed by atoms with E-state index in [4.69, 9.17) is 4.74 Å². The van der Waals surface area contributed by atoms with Gasteiger partial charge in [0.05, 0.1) is 5.75 Å². The van der Waals surface area contributed by atoms with Crippen molar-refractivity contribution in [3.05, 3.63) is 0 Å². The first-order chi connectivity index (χ1) is 6.97. The Bertz CT molecular complexity index is 207. The average molecular weight is 231 g/mol. The molecule has 0 aromatic carbocycles. The number of ether oxygens (including phenoxy) is 1. The van der Waals surface area contributed by atoms with E-state index in [-0.39, 0.29) is 11.6 Å². The standard InChI is InChI=1S/C11H21NO2S/c1-11(2,3)14-10(13)8-15-7-9-5-4-6-12-9/h9,12H,4-8H2,1-3H3. The fourth-order valence-electron chi connectivity index (χ4n) is 1.55. The maximum atomic E-state index is 11.4. The molecule has 1 unspecified atom stereocenters. The van der Waals surface area contributed by atoms with Gasteiger partial charge in [0.1, 0.15) is 5.60 Å². The lowest BCUT2D eigenvalue weighted by atomic mass is 10.2. The van der Waals surface area contributed by atoms with E-state index in [1.165, 1.54) is 12.8 Å². The molecule has 4 heteroatoms. The highest BCUT2D eigenvalue weighted by Crippen LogP contribution is 2.14. The fraction of sp³-hybridized carbons (Fsp3) is 0.909. The second kappa shape index (κ2) is 5.75. The summed E-state index contributed by atoms with van der Waals surface area (Å²) in [6.45, 7) is 6.81. The van der Waals surface area contributed by atoms with Gasteiger partial charge < -0.3 is 10.1 Å². The molecule has 88 valence electrons. The quantitative estimate of drug-likeness (QED) is 0.749. The van der Waals surface area contributed by atoms with Gasteiger partial charge in [-0.1, -0.05) is 0 Å². The molecule has 1 aliphatic rings. The van der Waals surface area contributed by atoms with Gasteiger partial charge in [-0.25, -0.2) is 0 Å². The van der Waals surface area contributed by atoms with Crippen LogP contribution in [0.2, 0.25) is 0 Å². The maximum Gasteiger partial charge on any atom is 0.316 e. The number of hydrogen-bond donors (Lipinski definition) is 1. The summed E-state index contributed by atoms with van der Waals surface area (Å²) in [6.07, 6.45) is 2.50. The van der Waals surface area contributed by atoms with E-state index >= 15 is 0 Å². The van der Waals surface area contributed by atoms with Crippen molar-refractivity contribution >= 4 is 17.7 Å². The molecule has 0 aromatic heterocycles. The highest BCUT2D eigenvalue weighted by molar-refractivity contribution is 7.99. The lowest BCUT2D eigenvalue weighted by molar-refractivity contribution is -0.151. The Morgan fingerprint density at radius 2 is 2.27 bits per heavy atom. The van der Waals surface area contributed by atoms with Crippen LogP contribution in [0, 0.1) is 0 Å². The number of rotatable bonds is 4. The van der Waals surface area contributed by atoms with Gasteiger partial charge in [-0.3, -0.25) is 4.79 Å². The Labute approximate surface area is 96.3 Å². The lowest BCUT2D eigenvalue weighted by Gasteiger charge is -2.19. The highest BCUT2D eigenvalue weighted by Gasteiger charge is 2.18. The fourth-order valence-corrected chi connectivity index (χ4v) is 2.47. The van der Waals surface area contributed by atoms with E-state index in [1.54, 1.807) is 11.8 Å².